The zero-order valence-electron chi connectivity index (χ0n) is 14.9. The van der Waals surface area contributed by atoms with E-state index in [1.165, 1.54) is 0 Å². The van der Waals surface area contributed by atoms with Gasteiger partial charge in [0.15, 0.2) is 0 Å². The van der Waals surface area contributed by atoms with Crippen LogP contribution in [0.3, 0.4) is 0 Å². The van der Waals surface area contributed by atoms with Crippen molar-refractivity contribution in [3.63, 3.8) is 0 Å². The van der Waals surface area contributed by atoms with E-state index in [1.807, 2.05) is 24.3 Å². The van der Waals surface area contributed by atoms with Crippen LogP contribution in [0.2, 0.25) is 0 Å². The summed E-state index contributed by atoms with van der Waals surface area (Å²) in [5.41, 5.74) is 1.06. The van der Waals surface area contributed by atoms with Crippen molar-refractivity contribution in [2.75, 3.05) is 20.2 Å². The number of halogens is 1. The number of hydrogen-bond donors (Lipinski definition) is 2. The van der Waals surface area contributed by atoms with Gasteiger partial charge in [0, 0.05) is 5.56 Å². The van der Waals surface area contributed by atoms with E-state index in [0.29, 0.717) is 25.0 Å². The van der Waals surface area contributed by atoms with E-state index in [0.717, 1.165) is 17.7 Å². The van der Waals surface area contributed by atoms with Gasteiger partial charge in [-0.3, -0.25) is 4.79 Å². The van der Waals surface area contributed by atoms with Gasteiger partial charge in [0.2, 0.25) is 5.91 Å². The topological polar surface area (TPSA) is 50.4 Å². The zero-order valence-corrected chi connectivity index (χ0v) is 15.7. The van der Waals surface area contributed by atoms with E-state index in [-0.39, 0.29) is 24.4 Å². The van der Waals surface area contributed by atoms with Gasteiger partial charge in [-0.15, -0.1) is 12.4 Å². The zero-order chi connectivity index (χ0) is 16.5. The molecule has 1 aromatic rings. The third-order valence-corrected chi connectivity index (χ3v) is 3.25. The van der Waals surface area contributed by atoms with Crippen molar-refractivity contribution < 1.29 is 9.53 Å². The molecule has 0 bridgehead atoms. The number of carbonyl (C=O) groups excluding carboxylic acids is 1. The molecule has 1 atom stereocenters. The third kappa shape index (κ3) is 8.24. The van der Waals surface area contributed by atoms with Crippen LogP contribution in [-0.4, -0.2) is 26.1 Å². The number of ether oxygens (including phenoxy) is 1. The quantitative estimate of drug-likeness (QED) is 0.721. The molecule has 0 radical (unpaired) electrons. The molecule has 0 aliphatic heterocycles. The van der Waals surface area contributed by atoms with Crippen molar-refractivity contribution in [1.82, 2.24) is 10.6 Å². The van der Waals surface area contributed by atoms with Crippen molar-refractivity contribution in [2.45, 2.75) is 40.2 Å². The molecule has 0 saturated heterocycles. The van der Waals surface area contributed by atoms with E-state index in [2.05, 4.69) is 38.3 Å². The van der Waals surface area contributed by atoms with Crippen molar-refractivity contribution in [3.8, 4) is 5.75 Å². The van der Waals surface area contributed by atoms with Crippen LogP contribution >= 0.6 is 12.4 Å². The highest BCUT2D eigenvalue weighted by molar-refractivity contribution is 5.85. The summed E-state index contributed by atoms with van der Waals surface area (Å²) >= 11 is 0. The molecular formula is C18H31ClN2O2. The molecule has 132 valence electrons. The summed E-state index contributed by atoms with van der Waals surface area (Å²) in [7, 11) is 1.77. The standard InChI is InChI=1S/C18H30N2O2.ClH/c1-13(2)10-16(20-18(21)11-19-5)15-8-6-7-9-17(15)22-12-14(3)4;/h6-9,13-14,16,19H,10-12H2,1-5H3,(H,20,21);1H. The predicted octanol–water partition coefficient (Wildman–Crippen LogP) is 3.57. The van der Waals surface area contributed by atoms with Gasteiger partial charge in [0.05, 0.1) is 19.2 Å². The molecule has 1 unspecified atom stereocenters. The summed E-state index contributed by atoms with van der Waals surface area (Å²) < 4.78 is 5.94. The second-order valence-corrected chi connectivity index (χ2v) is 6.52. The normalized spacial score (nSPS) is 12.0. The largest absolute Gasteiger partial charge is 0.493 e. The second kappa shape index (κ2) is 11.3. The minimum absolute atomic E-state index is 0. The summed E-state index contributed by atoms with van der Waals surface area (Å²) in [5.74, 6) is 1.83. The van der Waals surface area contributed by atoms with Gasteiger partial charge < -0.3 is 15.4 Å². The van der Waals surface area contributed by atoms with Gasteiger partial charge in [-0.1, -0.05) is 45.9 Å². The molecular weight excluding hydrogens is 312 g/mol. The Hall–Kier alpha value is -1.26. The lowest BCUT2D eigenvalue weighted by Gasteiger charge is -2.24. The van der Waals surface area contributed by atoms with Crippen molar-refractivity contribution in [2.24, 2.45) is 11.8 Å². The van der Waals surface area contributed by atoms with E-state index in [1.54, 1.807) is 7.05 Å². The molecule has 4 nitrogen and oxygen atoms in total. The van der Waals surface area contributed by atoms with Crippen LogP contribution in [0.25, 0.3) is 0 Å². The van der Waals surface area contributed by atoms with E-state index in [9.17, 15) is 4.79 Å². The average molecular weight is 343 g/mol. The first-order valence-corrected chi connectivity index (χ1v) is 8.09. The highest BCUT2D eigenvalue weighted by Gasteiger charge is 2.19. The number of carbonyl (C=O) groups is 1. The Kier molecular flexibility index (Phi) is 10.7. The lowest BCUT2D eigenvalue weighted by molar-refractivity contribution is -0.121. The number of hydrogen-bond acceptors (Lipinski definition) is 3. The number of rotatable bonds is 9. The first-order valence-electron chi connectivity index (χ1n) is 8.09. The van der Waals surface area contributed by atoms with Gasteiger partial charge >= 0.3 is 0 Å². The second-order valence-electron chi connectivity index (χ2n) is 6.52. The lowest BCUT2D eigenvalue weighted by Crippen LogP contribution is -2.35. The maximum atomic E-state index is 12.0. The Bertz CT molecular complexity index is 464. The molecule has 1 rings (SSSR count). The maximum absolute atomic E-state index is 12.0. The molecule has 0 aliphatic rings. The molecule has 0 aromatic heterocycles. The van der Waals surface area contributed by atoms with Gasteiger partial charge in [-0.05, 0) is 31.4 Å². The Labute approximate surface area is 146 Å². The SMILES string of the molecule is CNCC(=O)NC(CC(C)C)c1ccccc1OCC(C)C.Cl. The summed E-state index contributed by atoms with van der Waals surface area (Å²) in [5, 5.41) is 6.00. The van der Waals surface area contributed by atoms with Gasteiger partial charge in [0.1, 0.15) is 5.75 Å². The Balaban J connectivity index is 0.00000484. The number of nitrogens with one attached hydrogen (secondary N) is 2. The number of likely N-dealkylation sites (N-methyl/N-ethyl adjacent to an activating group) is 1. The summed E-state index contributed by atoms with van der Waals surface area (Å²) in [4.78, 5) is 12.0. The molecule has 5 heteroatoms. The summed E-state index contributed by atoms with van der Waals surface area (Å²) in [6.45, 7) is 9.58. The Morgan fingerprint density at radius 3 is 2.35 bits per heavy atom. The number of amides is 1. The average Bonchev–Trinajstić information content (AvgIpc) is 2.44. The minimum Gasteiger partial charge on any atom is -0.493 e. The van der Waals surface area contributed by atoms with E-state index < -0.39 is 0 Å². The first-order chi connectivity index (χ1) is 10.4. The Morgan fingerprint density at radius 2 is 1.78 bits per heavy atom. The highest BCUT2D eigenvalue weighted by atomic mass is 35.5. The van der Waals surface area contributed by atoms with Crippen LogP contribution in [0.5, 0.6) is 5.75 Å². The fourth-order valence-corrected chi connectivity index (χ4v) is 2.30. The predicted molar refractivity (Wildman–Crippen MR) is 98.3 cm³/mol. The van der Waals surface area contributed by atoms with Crippen LogP contribution in [0.1, 0.15) is 45.7 Å². The maximum Gasteiger partial charge on any atom is 0.234 e. The van der Waals surface area contributed by atoms with E-state index in [4.69, 9.17) is 4.74 Å². The van der Waals surface area contributed by atoms with Gasteiger partial charge in [0.25, 0.3) is 0 Å². The summed E-state index contributed by atoms with van der Waals surface area (Å²) in [6, 6.07) is 7.97. The number of benzene rings is 1. The molecule has 1 aromatic carbocycles. The number of para-hydroxylation sites is 1. The smallest absolute Gasteiger partial charge is 0.234 e. The van der Waals surface area contributed by atoms with Gasteiger partial charge in [-0.25, -0.2) is 0 Å². The summed E-state index contributed by atoms with van der Waals surface area (Å²) in [6.07, 6.45) is 0.886. The first kappa shape index (κ1) is 21.7. The molecule has 0 aliphatic carbocycles. The molecule has 0 heterocycles. The molecule has 0 fully saturated rings. The third-order valence-electron chi connectivity index (χ3n) is 3.25. The Morgan fingerprint density at radius 1 is 1.13 bits per heavy atom. The molecule has 0 saturated carbocycles. The molecule has 2 N–H and O–H groups in total. The minimum atomic E-state index is -0.0239. The molecule has 23 heavy (non-hydrogen) atoms. The van der Waals surface area contributed by atoms with Crippen molar-refractivity contribution in [3.05, 3.63) is 29.8 Å². The van der Waals surface area contributed by atoms with Crippen LogP contribution < -0.4 is 15.4 Å². The van der Waals surface area contributed by atoms with Crippen LogP contribution in [0, 0.1) is 11.8 Å². The van der Waals surface area contributed by atoms with E-state index >= 15 is 0 Å². The van der Waals surface area contributed by atoms with Crippen molar-refractivity contribution in [1.29, 1.82) is 0 Å². The fourth-order valence-electron chi connectivity index (χ4n) is 2.30. The molecule has 0 spiro atoms. The van der Waals surface area contributed by atoms with Crippen LogP contribution in [0.15, 0.2) is 24.3 Å². The van der Waals surface area contributed by atoms with Gasteiger partial charge in [-0.2, -0.15) is 0 Å². The monoisotopic (exact) mass is 342 g/mol. The lowest BCUT2D eigenvalue weighted by atomic mass is 9.96. The fraction of sp³-hybridized carbons (Fsp3) is 0.611. The van der Waals surface area contributed by atoms with Crippen LogP contribution in [-0.2, 0) is 4.79 Å². The molecule has 1 amide bonds. The van der Waals surface area contributed by atoms with Crippen LogP contribution in [0.4, 0.5) is 0 Å². The highest BCUT2D eigenvalue weighted by Crippen LogP contribution is 2.29. The van der Waals surface area contributed by atoms with Crippen molar-refractivity contribution >= 4 is 18.3 Å².